The molecule has 1 atom stereocenters. The fraction of sp³-hybridized carbons (Fsp3) is 0.400. The molecule has 19 heavy (non-hydrogen) atoms. The van der Waals surface area contributed by atoms with Crippen LogP contribution in [0.15, 0.2) is 35.2 Å². The summed E-state index contributed by atoms with van der Waals surface area (Å²) in [5, 5.41) is 7.67. The van der Waals surface area contributed by atoms with E-state index < -0.39 is 0 Å². The lowest BCUT2D eigenvalue weighted by Crippen LogP contribution is -2.20. The number of rotatable bonds is 6. The number of nitrogens with one attached hydrogen (secondary N) is 1. The number of hydrogen-bond donors (Lipinski definition) is 1. The summed E-state index contributed by atoms with van der Waals surface area (Å²) < 4.78 is 0. The zero-order valence-electron chi connectivity index (χ0n) is 11.8. The molecule has 0 aromatic carbocycles. The van der Waals surface area contributed by atoms with Crippen LogP contribution < -0.4 is 10.2 Å². The summed E-state index contributed by atoms with van der Waals surface area (Å²) in [6.07, 6.45) is 1.95. The first-order chi connectivity index (χ1) is 9.20. The van der Waals surface area contributed by atoms with Crippen LogP contribution in [0, 0.1) is 0 Å². The Morgan fingerprint density at radius 1 is 1.37 bits per heavy atom. The Morgan fingerprint density at radius 2 is 2.21 bits per heavy atom. The molecule has 0 bridgehead atoms. The largest absolute Gasteiger partial charge is 0.369 e. The van der Waals surface area contributed by atoms with Crippen molar-refractivity contribution >= 4 is 17.0 Å². The van der Waals surface area contributed by atoms with Gasteiger partial charge in [0.15, 0.2) is 0 Å². The van der Waals surface area contributed by atoms with E-state index in [1.54, 1.807) is 11.3 Å². The fourth-order valence-electron chi connectivity index (χ4n) is 2.04. The van der Waals surface area contributed by atoms with Crippen LogP contribution in [-0.4, -0.2) is 18.6 Å². The minimum Gasteiger partial charge on any atom is -0.369 e. The molecule has 3 nitrogen and oxygen atoms in total. The van der Waals surface area contributed by atoms with E-state index in [1.807, 2.05) is 6.20 Å². The maximum absolute atomic E-state index is 4.55. The van der Waals surface area contributed by atoms with Gasteiger partial charge >= 0.3 is 0 Å². The second kappa shape index (κ2) is 6.68. The molecule has 2 heterocycles. The summed E-state index contributed by atoms with van der Waals surface area (Å²) in [7, 11) is 2.10. The van der Waals surface area contributed by atoms with E-state index in [0.29, 0.717) is 6.04 Å². The van der Waals surface area contributed by atoms with Crippen LogP contribution in [0.4, 0.5) is 5.69 Å². The molecule has 0 spiro atoms. The van der Waals surface area contributed by atoms with Gasteiger partial charge in [0, 0.05) is 19.6 Å². The van der Waals surface area contributed by atoms with E-state index in [4.69, 9.17) is 0 Å². The molecule has 4 heteroatoms. The van der Waals surface area contributed by atoms with Crippen LogP contribution >= 0.6 is 11.3 Å². The predicted octanol–water partition coefficient (Wildman–Crippen LogP) is 3.45. The lowest BCUT2D eigenvalue weighted by atomic mass is 10.2. The summed E-state index contributed by atoms with van der Waals surface area (Å²) >= 11 is 1.74. The first-order valence-electron chi connectivity index (χ1n) is 6.62. The smallest absolute Gasteiger partial charge is 0.0572 e. The van der Waals surface area contributed by atoms with E-state index in [-0.39, 0.29) is 0 Å². The molecule has 2 rings (SSSR count). The van der Waals surface area contributed by atoms with Crippen LogP contribution in [0.5, 0.6) is 0 Å². The Balaban J connectivity index is 2.01. The number of anilines is 1. The quantitative estimate of drug-likeness (QED) is 0.875. The normalized spacial score (nSPS) is 12.4. The number of nitrogens with zero attached hydrogens (tertiary/aromatic N) is 2. The lowest BCUT2D eigenvalue weighted by molar-refractivity contribution is 0.583. The highest BCUT2D eigenvalue weighted by Gasteiger charge is 2.07. The summed E-state index contributed by atoms with van der Waals surface area (Å²) in [4.78, 5) is 6.77. The number of pyridine rings is 1. The lowest BCUT2D eigenvalue weighted by Gasteiger charge is -2.19. The molecule has 102 valence electrons. The Hall–Kier alpha value is -1.39. The first-order valence-corrected chi connectivity index (χ1v) is 7.56. The minimum atomic E-state index is 0.307. The SMILES string of the molecule is CCNC(C)c1ccc(N(C)Cc2ccsc2)cn1. The van der Waals surface area contributed by atoms with Crippen molar-refractivity contribution < 1.29 is 0 Å². The van der Waals surface area contributed by atoms with Crippen molar-refractivity contribution in [2.45, 2.75) is 26.4 Å². The number of thiophene rings is 1. The highest BCUT2D eigenvalue weighted by Crippen LogP contribution is 2.18. The third kappa shape index (κ3) is 3.78. The van der Waals surface area contributed by atoms with Crippen molar-refractivity contribution in [3.8, 4) is 0 Å². The summed E-state index contributed by atoms with van der Waals surface area (Å²) in [5.41, 5.74) is 3.59. The van der Waals surface area contributed by atoms with Gasteiger partial charge in [-0.25, -0.2) is 0 Å². The van der Waals surface area contributed by atoms with Gasteiger partial charge in [0.25, 0.3) is 0 Å². The number of aromatic nitrogens is 1. The molecule has 0 aliphatic carbocycles. The average Bonchev–Trinajstić information content (AvgIpc) is 2.92. The Bertz CT molecular complexity index is 479. The van der Waals surface area contributed by atoms with Gasteiger partial charge in [0.2, 0.25) is 0 Å². The molecule has 0 radical (unpaired) electrons. The Kier molecular flexibility index (Phi) is 4.93. The first kappa shape index (κ1) is 14.0. The van der Waals surface area contributed by atoms with Gasteiger partial charge in [0.05, 0.1) is 17.6 Å². The van der Waals surface area contributed by atoms with Gasteiger partial charge in [-0.3, -0.25) is 4.98 Å². The topological polar surface area (TPSA) is 28.2 Å². The third-order valence-electron chi connectivity index (χ3n) is 3.17. The standard InChI is InChI=1S/C15H21N3S/c1-4-16-12(2)15-6-5-14(9-17-15)18(3)10-13-7-8-19-11-13/h5-9,11-12,16H,4,10H2,1-3H3. The van der Waals surface area contributed by atoms with Crippen molar-refractivity contribution in [1.82, 2.24) is 10.3 Å². The Morgan fingerprint density at radius 3 is 2.79 bits per heavy atom. The van der Waals surface area contributed by atoms with Crippen molar-refractivity contribution in [1.29, 1.82) is 0 Å². The van der Waals surface area contributed by atoms with Gasteiger partial charge < -0.3 is 10.2 Å². The number of hydrogen-bond acceptors (Lipinski definition) is 4. The predicted molar refractivity (Wildman–Crippen MR) is 82.8 cm³/mol. The van der Waals surface area contributed by atoms with Gasteiger partial charge in [-0.1, -0.05) is 6.92 Å². The molecular weight excluding hydrogens is 254 g/mol. The van der Waals surface area contributed by atoms with Crippen molar-refractivity contribution in [2.75, 3.05) is 18.5 Å². The molecule has 0 aliphatic heterocycles. The van der Waals surface area contributed by atoms with Crippen molar-refractivity contribution in [2.24, 2.45) is 0 Å². The zero-order valence-corrected chi connectivity index (χ0v) is 12.6. The average molecular weight is 275 g/mol. The van der Waals surface area contributed by atoms with Crippen LogP contribution in [-0.2, 0) is 6.54 Å². The van der Waals surface area contributed by atoms with Crippen molar-refractivity contribution in [3.05, 3.63) is 46.4 Å². The maximum atomic E-state index is 4.55. The van der Waals surface area contributed by atoms with Gasteiger partial charge in [-0.15, -0.1) is 0 Å². The molecule has 1 N–H and O–H groups in total. The monoisotopic (exact) mass is 275 g/mol. The van der Waals surface area contributed by atoms with E-state index in [9.17, 15) is 0 Å². The summed E-state index contributed by atoms with van der Waals surface area (Å²) in [6, 6.07) is 6.71. The van der Waals surface area contributed by atoms with Gasteiger partial charge in [-0.05, 0) is 48.0 Å². The maximum Gasteiger partial charge on any atom is 0.0572 e. The van der Waals surface area contributed by atoms with Gasteiger partial charge in [-0.2, -0.15) is 11.3 Å². The molecule has 0 saturated heterocycles. The molecule has 1 unspecified atom stereocenters. The molecule has 2 aromatic rings. The van der Waals surface area contributed by atoms with Crippen LogP contribution in [0.2, 0.25) is 0 Å². The Labute approximate surface area is 119 Å². The van der Waals surface area contributed by atoms with Crippen LogP contribution in [0.25, 0.3) is 0 Å². The zero-order chi connectivity index (χ0) is 13.7. The fourth-order valence-corrected chi connectivity index (χ4v) is 2.70. The second-order valence-corrected chi connectivity index (χ2v) is 5.49. The van der Waals surface area contributed by atoms with Gasteiger partial charge in [0.1, 0.15) is 0 Å². The van der Waals surface area contributed by atoms with Crippen molar-refractivity contribution in [3.63, 3.8) is 0 Å². The summed E-state index contributed by atoms with van der Waals surface area (Å²) in [5.74, 6) is 0. The van der Waals surface area contributed by atoms with Crippen LogP contribution in [0.1, 0.15) is 31.1 Å². The second-order valence-electron chi connectivity index (χ2n) is 4.71. The van der Waals surface area contributed by atoms with E-state index in [1.165, 1.54) is 5.56 Å². The highest BCUT2D eigenvalue weighted by molar-refractivity contribution is 7.07. The van der Waals surface area contributed by atoms with E-state index >= 15 is 0 Å². The van der Waals surface area contributed by atoms with E-state index in [0.717, 1.165) is 24.5 Å². The molecule has 0 saturated carbocycles. The summed E-state index contributed by atoms with van der Waals surface area (Å²) in [6.45, 7) is 6.13. The molecular formula is C15H21N3S. The molecule has 0 fully saturated rings. The molecule has 0 aliphatic rings. The minimum absolute atomic E-state index is 0.307. The third-order valence-corrected chi connectivity index (χ3v) is 3.90. The van der Waals surface area contributed by atoms with Crippen LogP contribution in [0.3, 0.4) is 0 Å². The van der Waals surface area contributed by atoms with E-state index in [2.05, 4.69) is 65.1 Å². The highest BCUT2D eigenvalue weighted by atomic mass is 32.1. The molecule has 2 aromatic heterocycles. The molecule has 0 amide bonds.